The number of thiophene rings is 1. The average Bonchev–Trinajstić information content (AvgIpc) is 2.77. The Bertz CT molecular complexity index is 374. The molecule has 1 aromatic heterocycles. The van der Waals surface area contributed by atoms with Crippen LogP contribution in [0, 0.1) is 5.92 Å². The predicted molar refractivity (Wildman–Crippen MR) is 81.8 cm³/mol. The Hall–Kier alpha value is -1.03. The zero-order valence-electron chi connectivity index (χ0n) is 12.2. The average molecular weight is 283 g/mol. The summed E-state index contributed by atoms with van der Waals surface area (Å²) >= 11 is 1.72. The molecule has 0 aliphatic heterocycles. The van der Waals surface area contributed by atoms with Crippen LogP contribution in [0.4, 0.5) is 5.69 Å². The predicted octanol–water partition coefficient (Wildman–Crippen LogP) is 4.09. The van der Waals surface area contributed by atoms with E-state index in [4.69, 9.17) is 4.74 Å². The van der Waals surface area contributed by atoms with Crippen LogP contribution >= 0.6 is 11.3 Å². The molecule has 108 valence electrons. The molecule has 19 heavy (non-hydrogen) atoms. The number of hydrogen-bond donors (Lipinski definition) is 1. The van der Waals surface area contributed by atoms with Crippen LogP contribution in [0.1, 0.15) is 45.6 Å². The number of rotatable bonds is 9. The molecular formula is C15H25NO2S. The molecule has 0 saturated carbocycles. The SMILES string of the molecule is CCOC(=O)CCCc1cscc1NCCC(C)C. The van der Waals surface area contributed by atoms with Gasteiger partial charge in [0, 0.05) is 24.0 Å². The van der Waals surface area contributed by atoms with Crippen molar-refractivity contribution in [2.75, 3.05) is 18.5 Å². The lowest BCUT2D eigenvalue weighted by atomic mass is 10.1. The summed E-state index contributed by atoms with van der Waals surface area (Å²) in [6.45, 7) is 7.79. The minimum absolute atomic E-state index is 0.0907. The Morgan fingerprint density at radius 3 is 2.89 bits per heavy atom. The summed E-state index contributed by atoms with van der Waals surface area (Å²) in [6, 6.07) is 0. The Kier molecular flexibility index (Phi) is 7.56. The topological polar surface area (TPSA) is 38.3 Å². The van der Waals surface area contributed by atoms with E-state index in [2.05, 4.69) is 29.9 Å². The summed E-state index contributed by atoms with van der Waals surface area (Å²) in [5, 5.41) is 7.80. The molecule has 0 unspecified atom stereocenters. The van der Waals surface area contributed by atoms with Gasteiger partial charge in [-0.25, -0.2) is 0 Å². The third-order valence-electron chi connectivity index (χ3n) is 2.91. The Labute approximate surface area is 120 Å². The first-order chi connectivity index (χ1) is 9.13. The molecule has 0 aliphatic rings. The first-order valence-corrected chi connectivity index (χ1v) is 8.02. The second-order valence-corrected chi connectivity index (χ2v) is 5.82. The third-order valence-corrected chi connectivity index (χ3v) is 3.70. The van der Waals surface area contributed by atoms with Crippen molar-refractivity contribution in [1.82, 2.24) is 0 Å². The lowest BCUT2D eigenvalue weighted by Crippen LogP contribution is -2.06. The standard InChI is InChI=1S/C15H25NO2S/c1-4-18-15(17)7-5-6-13-10-19-11-14(13)16-9-8-12(2)3/h10-12,16H,4-9H2,1-3H3. The number of esters is 1. The molecule has 1 rings (SSSR count). The van der Waals surface area contributed by atoms with Crippen molar-refractivity contribution in [2.24, 2.45) is 5.92 Å². The van der Waals surface area contributed by atoms with E-state index in [-0.39, 0.29) is 5.97 Å². The molecule has 0 saturated heterocycles. The molecular weight excluding hydrogens is 258 g/mol. The molecule has 0 fully saturated rings. The van der Waals surface area contributed by atoms with E-state index in [1.54, 1.807) is 11.3 Å². The lowest BCUT2D eigenvalue weighted by Gasteiger charge is -2.09. The van der Waals surface area contributed by atoms with E-state index in [0.717, 1.165) is 25.3 Å². The summed E-state index contributed by atoms with van der Waals surface area (Å²) in [4.78, 5) is 11.3. The highest BCUT2D eigenvalue weighted by Crippen LogP contribution is 2.23. The van der Waals surface area contributed by atoms with Crippen molar-refractivity contribution >= 4 is 23.0 Å². The molecule has 0 amide bonds. The molecule has 1 N–H and O–H groups in total. The fourth-order valence-corrected chi connectivity index (χ4v) is 2.67. The van der Waals surface area contributed by atoms with Gasteiger partial charge in [-0.2, -0.15) is 0 Å². The maximum atomic E-state index is 11.3. The highest BCUT2D eigenvalue weighted by molar-refractivity contribution is 7.08. The van der Waals surface area contributed by atoms with Crippen LogP contribution in [0.3, 0.4) is 0 Å². The number of carbonyl (C=O) groups excluding carboxylic acids is 1. The zero-order valence-corrected chi connectivity index (χ0v) is 13.0. The zero-order chi connectivity index (χ0) is 14.1. The van der Waals surface area contributed by atoms with Gasteiger partial charge >= 0.3 is 5.97 Å². The van der Waals surface area contributed by atoms with Gasteiger partial charge in [-0.15, -0.1) is 11.3 Å². The maximum absolute atomic E-state index is 11.3. The fraction of sp³-hybridized carbons (Fsp3) is 0.667. The first kappa shape index (κ1) is 16.0. The molecule has 0 radical (unpaired) electrons. The Balaban J connectivity index is 2.30. The van der Waals surface area contributed by atoms with Gasteiger partial charge < -0.3 is 10.1 Å². The smallest absolute Gasteiger partial charge is 0.305 e. The molecule has 0 atom stereocenters. The highest BCUT2D eigenvalue weighted by atomic mass is 32.1. The Morgan fingerprint density at radius 1 is 1.42 bits per heavy atom. The van der Waals surface area contributed by atoms with E-state index in [0.29, 0.717) is 13.0 Å². The van der Waals surface area contributed by atoms with Crippen LogP contribution in [-0.2, 0) is 16.0 Å². The van der Waals surface area contributed by atoms with E-state index in [1.807, 2.05) is 6.92 Å². The van der Waals surface area contributed by atoms with Gasteiger partial charge in [-0.05, 0) is 43.0 Å². The van der Waals surface area contributed by atoms with Crippen LogP contribution in [-0.4, -0.2) is 19.1 Å². The highest BCUT2D eigenvalue weighted by Gasteiger charge is 2.06. The van der Waals surface area contributed by atoms with Crippen LogP contribution in [0.15, 0.2) is 10.8 Å². The molecule has 0 spiro atoms. The van der Waals surface area contributed by atoms with E-state index < -0.39 is 0 Å². The van der Waals surface area contributed by atoms with E-state index in [1.165, 1.54) is 17.7 Å². The molecule has 3 nitrogen and oxygen atoms in total. The van der Waals surface area contributed by atoms with Gasteiger partial charge in [0.2, 0.25) is 0 Å². The molecule has 4 heteroatoms. The van der Waals surface area contributed by atoms with Crippen LogP contribution in [0.25, 0.3) is 0 Å². The molecule has 0 bridgehead atoms. The molecule has 1 aromatic rings. The third kappa shape index (κ3) is 6.62. The van der Waals surface area contributed by atoms with Gasteiger partial charge in [0.1, 0.15) is 0 Å². The minimum atomic E-state index is -0.0907. The van der Waals surface area contributed by atoms with Crippen molar-refractivity contribution in [2.45, 2.75) is 46.5 Å². The second-order valence-electron chi connectivity index (χ2n) is 5.08. The second kappa shape index (κ2) is 8.97. The van der Waals surface area contributed by atoms with Crippen molar-refractivity contribution in [1.29, 1.82) is 0 Å². The maximum Gasteiger partial charge on any atom is 0.305 e. The number of carbonyl (C=O) groups is 1. The number of ether oxygens (including phenoxy) is 1. The summed E-state index contributed by atoms with van der Waals surface area (Å²) in [5.74, 6) is 0.630. The molecule has 0 aromatic carbocycles. The van der Waals surface area contributed by atoms with Gasteiger partial charge in [-0.1, -0.05) is 13.8 Å². The lowest BCUT2D eigenvalue weighted by molar-refractivity contribution is -0.143. The normalized spacial score (nSPS) is 10.7. The summed E-state index contributed by atoms with van der Waals surface area (Å²) in [5.41, 5.74) is 2.55. The fourth-order valence-electron chi connectivity index (χ4n) is 1.82. The van der Waals surface area contributed by atoms with E-state index >= 15 is 0 Å². The molecule has 0 aliphatic carbocycles. The first-order valence-electron chi connectivity index (χ1n) is 7.08. The van der Waals surface area contributed by atoms with Gasteiger partial charge in [-0.3, -0.25) is 4.79 Å². The number of anilines is 1. The number of aryl methyl sites for hydroxylation is 1. The summed E-state index contributed by atoms with van der Waals surface area (Å²) in [7, 11) is 0. The van der Waals surface area contributed by atoms with E-state index in [9.17, 15) is 4.79 Å². The molecule has 1 heterocycles. The van der Waals surface area contributed by atoms with Gasteiger partial charge in [0.25, 0.3) is 0 Å². The summed E-state index contributed by atoms with van der Waals surface area (Å²) in [6.07, 6.45) is 3.48. The monoisotopic (exact) mass is 283 g/mol. The van der Waals surface area contributed by atoms with Crippen LogP contribution in [0.2, 0.25) is 0 Å². The quantitative estimate of drug-likeness (QED) is 0.694. The van der Waals surface area contributed by atoms with Crippen LogP contribution in [0.5, 0.6) is 0 Å². The van der Waals surface area contributed by atoms with Crippen molar-refractivity contribution in [3.8, 4) is 0 Å². The minimum Gasteiger partial charge on any atom is -0.466 e. The number of hydrogen-bond acceptors (Lipinski definition) is 4. The van der Waals surface area contributed by atoms with Crippen LogP contribution < -0.4 is 5.32 Å². The number of nitrogens with one attached hydrogen (secondary N) is 1. The van der Waals surface area contributed by atoms with Crippen molar-refractivity contribution < 1.29 is 9.53 Å². The Morgan fingerprint density at radius 2 is 2.21 bits per heavy atom. The summed E-state index contributed by atoms with van der Waals surface area (Å²) < 4.78 is 4.93. The van der Waals surface area contributed by atoms with Crippen molar-refractivity contribution in [3.63, 3.8) is 0 Å². The van der Waals surface area contributed by atoms with Gasteiger partial charge in [0.05, 0.1) is 6.61 Å². The van der Waals surface area contributed by atoms with Gasteiger partial charge in [0.15, 0.2) is 0 Å². The largest absolute Gasteiger partial charge is 0.466 e. The van der Waals surface area contributed by atoms with Crippen molar-refractivity contribution in [3.05, 3.63) is 16.3 Å².